The third-order valence-corrected chi connectivity index (χ3v) is 29.8. The lowest BCUT2D eigenvalue weighted by Gasteiger charge is -2.46. The maximum absolute atomic E-state index is 13.0. The fourth-order valence-corrected chi connectivity index (χ4v) is 23.5. The van der Waals surface area contributed by atoms with E-state index in [1.165, 1.54) is 19.0 Å². The van der Waals surface area contributed by atoms with E-state index in [9.17, 15) is 63.5 Å². The molecule has 138 heavy (non-hydrogen) atoms. The first-order valence-electron chi connectivity index (χ1n) is 47.5. The van der Waals surface area contributed by atoms with E-state index < -0.39 is 55.0 Å². The zero-order valence-corrected chi connectivity index (χ0v) is 81.9. The standard InChI is InChI=1S/C34H44F3N7O3S.C29H36F3N7OS.C22H21F3N4O2S.C12H25N3O2/c1-22(19-42-11-13-43(14-12-42)31(46)47-32(2,3)4)40-29(45)23-5-7-24(8-6-23)41-25-16-33(17-25)9-10-44(20-33)28-27-15-26(18-34(35,36)37)48-30(27)39-21-38-28;1-19(16-38-10-7-33-8-11-38)36-26(40)20-2-4-21(5-3-20)37-22-13-28(14-22)6-9-39(17-28)25-24-12-23(15-29(30,31)32)41-27(24)35-18-34-25;23-22(24,25)10-16-7-17-18(26-12-27-19(17)32-16)29-6-5-21(11-29)8-15(9-21)28-14-3-1-13(2-4-14)20(30)31;1-10(13)9-14-5-7-15(8-6-14)11(16)17-12(2,3)4/h5-8,15,21-22,25,41H,9-14,16-20H2,1-4H3,(H,40,45);2-5,12,18-19,22,33,37H,6-11,13-17H2,1H3,(H,36,40);1-4,7,12,15,28H,5-6,8-11H2,(H,30,31);10H,5-9,13H2,1-4H3. The molecular formula is C97H126F9N21O8S3. The number of ether oxygens (including phenoxy) is 2. The predicted molar refractivity (Wildman–Crippen MR) is 521 cm³/mol. The number of benzene rings is 3. The molecule has 0 radical (unpaired) electrons. The van der Waals surface area contributed by atoms with Gasteiger partial charge in [0.25, 0.3) is 11.8 Å². The van der Waals surface area contributed by atoms with Crippen molar-refractivity contribution in [3.05, 3.63) is 141 Å². The number of alkyl halides is 9. The lowest BCUT2D eigenvalue weighted by molar-refractivity contribution is -0.127. The summed E-state index contributed by atoms with van der Waals surface area (Å²) >= 11 is 3.25. The van der Waals surface area contributed by atoms with Gasteiger partial charge in [0.1, 0.15) is 62.1 Å². The van der Waals surface area contributed by atoms with Gasteiger partial charge < -0.3 is 76.7 Å². The van der Waals surface area contributed by atoms with Crippen molar-refractivity contribution in [2.75, 3.05) is 168 Å². The van der Waals surface area contributed by atoms with Crippen LogP contribution >= 0.6 is 34.0 Å². The Balaban J connectivity index is 0.000000147. The van der Waals surface area contributed by atoms with Gasteiger partial charge in [-0.3, -0.25) is 24.3 Å². The van der Waals surface area contributed by atoms with Crippen LogP contribution in [0.4, 0.5) is 83.6 Å². The Bertz CT molecular complexity index is 5660. The molecule has 3 atom stereocenters. The highest BCUT2D eigenvalue weighted by Gasteiger charge is 2.52. The van der Waals surface area contributed by atoms with E-state index in [2.05, 4.69) is 91.2 Å². The quantitative estimate of drug-likeness (QED) is 0.0276. The molecule has 9 N–H and O–H groups in total. The van der Waals surface area contributed by atoms with Crippen LogP contribution in [-0.4, -0.2) is 293 Å². The number of carbonyl (C=O) groups is 5. The zero-order valence-electron chi connectivity index (χ0n) is 79.5. The average Bonchev–Trinajstić information content (AvgIpc) is 1.60. The van der Waals surface area contributed by atoms with Gasteiger partial charge in [-0.15, -0.1) is 34.0 Å². The summed E-state index contributed by atoms with van der Waals surface area (Å²) in [5, 5.41) is 31.3. The topological polar surface area (TPSA) is 325 Å². The van der Waals surface area contributed by atoms with Crippen LogP contribution in [0.1, 0.15) is 166 Å². The molecule has 9 fully saturated rings. The number of hydrogen-bond acceptors (Lipinski definition) is 27. The Morgan fingerprint density at radius 2 is 0.732 bits per heavy atom. The van der Waals surface area contributed by atoms with Crippen molar-refractivity contribution >= 4 is 129 Å². The van der Waals surface area contributed by atoms with E-state index in [4.69, 9.17) is 20.3 Å². The smallest absolute Gasteiger partial charge is 0.410 e. The number of nitrogens with one attached hydrogen (secondary N) is 6. The lowest BCUT2D eigenvalue weighted by atomic mass is 9.65. The number of nitrogens with zero attached hydrogens (tertiary/aromatic N) is 14. The Morgan fingerprint density at radius 1 is 0.435 bits per heavy atom. The molecule has 3 spiro atoms. The van der Waals surface area contributed by atoms with Gasteiger partial charge in [0.15, 0.2) is 0 Å². The predicted octanol–water partition coefficient (Wildman–Crippen LogP) is 16.1. The van der Waals surface area contributed by atoms with E-state index in [0.29, 0.717) is 79.5 Å². The summed E-state index contributed by atoms with van der Waals surface area (Å²) < 4.78 is 127. The summed E-state index contributed by atoms with van der Waals surface area (Å²) in [4.78, 5) is 106. The molecule has 18 rings (SSSR count). The molecule has 9 aliphatic rings. The number of rotatable bonds is 23. The number of thiophene rings is 3. The van der Waals surface area contributed by atoms with Crippen LogP contribution in [0.2, 0.25) is 0 Å². The molecule has 6 aliphatic heterocycles. The molecule has 0 bridgehead atoms. The van der Waals surface area contributed by atoms with Crippen molar-refractivity contribution in [3.63, 3.8) is 0 Å². The first-order chi connectivity index (χ1) is 65.3. The van der Waals surface area contributed by atoms with Crippen LogP contribution < -0.4 is 52.3 Å². The lowest BCUT2D eigenvalue weighted by Crippen LogP contribution is -2.52. The Hall–Kier alpha value is -10.3. The molecule has 3 aliphatic carbocycles. The van der Waals surface area contributed by atoms with E-state index >= 15 is 0 Å². The number of fused-ring (bicyclic) bond motifs is 3. The number of aromatic carboxylic acids is 1. The number of carbonyl (C=O) groups excluding carboxylic acids is 4. The highest BCUT2D eigenvalue weighted by molar-refractivity contribution is 7.19. The minimum absolute atomic E-state index is 0.0530. The monoisotopic (exact) mass is 1980 g/mol. The Kier molecular flexibility index (Phi) is 31.5. The number of hydrogen-bond donors (Lipinski definition) is 8. The molecule has 6 aromatic heterocycles. The molecule has 3 aromatic carbocycles. The summed E-state index contributed by atoms with van der Waals surface area (Å²) in [7, 11) is 0. The third-order valence-electron chi connectivity index (χ3n) is 26.7. The molecule has 12 heterocycles. The highest BCUT2D eigenvalue weighted by Crippen LogP contribution is 2.54. The zero-order chi connectivity index (χ0) is 98.4. The second-order valence-corrected chi connectivity index (χ2v) is 44.2. The normalized spacial score (nSPS) is 22.8. The van der Waals surface area contributed by atoms with Crippen LogP contribution in [0.5, 0.6) is 0 Å². The second-order valence-electron chi connectivity index (χ2n) is 40.9. The number of nitrogens with two attached hydrogens (primary N) is 1. The fourth-order valence-electron chi connectivity index (χ4n) is 20.4. The minimum atomic E-state index is -4.25. The fraction of sp³-hybridized carbons (Fsp3) is 0.577. The number of halogens is 9. The molecular weight excluding hydrogens is 1850 g/mol. The number of carboxylic acid groups (broad SMARTS) is 1. The van der Waals surface area contributed by atoms with Gasteiger partial charge in [-0.25, -0.2) is 44.3 Å². The second kappa shape index (κ2) is 42.6. The van der Waals surface area contributed by atoms with Crippen LogP contribution in [0, 0.1) is 16.2 Å². The van der Waals surface area contributed by atoms with Crippen LogP contribution in [-0.2, 0) is 28.7 Å². The van der Waals surface area contributed by atoms with Crippen LogP contribution in [0.15, 0.2) is 110 Å². The third kappa shape index (κ3) is 27.7. The average molecular weight is 1980 g/mol. The van der Waals surface area contributed by atoms with Crippen LogP contribution in [0.3, 0.4) is 0 Å². The maximum atomic E-state index is 13.0. The first-order valence-corrected chi connectivity index (χ1v) is 49.9. The van der Waals surface area contributed by atoms with E-state index in [0.717, 1.165) is 244 Å². The summed E-state index contributed by atoms with van der Waals surface area (Å²) in [5.74, 6) is 1.07. The van der Waals surface area contributed by atoms with Crippen molar-refractivity contribution in [2.45, 2.75) is 205 Å². The molecule has 41 heteroatoms. The Labute approximate surface area is 809 Å². The van der Waals surface area contributed by atoms with Crippen LogP contribution in [0.25, 0.3) is 30.6 Å². The van der Waals surface area contributed by atoms with Gasteiger partial charge in [-0.05, 0) is 227 Å². The Morgan fingerprint density at radius 3 is 1.02 bits per heavy atom. The number of carboxylic acids is 1. The molecule has 4 amide bonds. The summed E-state index contributed by atoms with van der Waals surface area (Å²) in [6, 6.07) is 27.9. The first kappa shape index (κ1) is 102. The minimum Gasteiger partial charge on any atom is -0.478 e. The van der Waals surface area contributed by atoms with Gasteiger partial charge in [0, 0.05) is 217 Å². The number of piperazine rings is 3. The number of amides is 4. The van der Waals surface area contributed by atoms with Crippen molar-refractivity contribution in [1.82, 2.24) is 70.4 Å². The van der Waals surface area contributed by atoms with Crippen molar-refractivity contribution in [3.8, 4) is 0 Å². The molecule has 748 valence electrons. The molecule has 29 nitrogen and oxygen atoms in total. The van der Waals surface area contributed by atoms with E-state index in [1.807, 2.05) is 111 Å². The van der Waals surface area contributed by atoms with Gasteiger partial charge in [-0.1, -0.05) is 0 Å². The van der Waals surface area contributed by atoms with Gasteiger partial charge in [0.05, 0.1) is 41.0 Å². The van der Waals surface area contributed by atoms with Gasteiger partial charge in [-0.2, -0.15) is 39.5 Å². The van der Waals surface area contributed by atoms with Gasteiger partial charge >= 0.3 is 36.7 Å². The summed E-state index contributed by atoms with van der Waals surface area (Å²) in [6.45, 7) is 34.5. The van der Waals surface area contributed by atoms with E-state index in [-0.39, 0.29) is 78.6 Å². The SMILES string of the molecule is CC(CN1CCN(C(=O)OC(C)(C)C)CC1)NC(=O)c1ccc(NC2CC3(CCN(c4ncnc5sc(CC(F)(F)F)cc45)C3)C2)cc1.CC(CN1CCNCC1)NC(=O)c1ccc(NC2CC3(CCN(c4ncnc5sc(CC(F)(F)F)cc45)C3)C2)cc1.CC(N)CN1CCN(C(=O)OC(C)(C)C)CC1.O=C(O)c1ccc(NC2CC3(CCN(c4ncnc5sc(CC(F)(F)F)cc45)C3)C2)cc1. The van der Waals surface area contributed by atoms with E-state index in [1.54, 1.807) is 52.3 Å². The number of aromatic nitrogens is 6. The molecule has 3 saturated carbocycles. The molecule has 9 aromatic rings. The number of anilines is 6. The summed E-state index contributed by atoms with van der Waals surface area (Å²) in [5.41, 5.74) is 9.70. The summed E-state index contributed by atoms with van der Waals surface area (Å²) in [6.07, 6.45) is -2.68. The largest absolute Gasteiger partial charge is 0.478 e. The van der Waals surface area contributed by atoms with Crippen molar-refractivity contribution in [2.24, 2.45) is 22.0 Å². The maximum Gasteiger partial charge on any atom is 0.410 e. The molecule has 6 saturated heterocycles. The molecule has 3 unspecified atom stereocenters. The van der Waals surface area contributed by atoms with Crippen molar-refractivity contribution in [1.29, 1.82) is 0 Å². The van der Waals surface area contributed by atoms with Gasteiger partial charge in [0.2, 0.25) is 0 Å². The van der Waals surface area contributed by atoms with Crippen molar-refractivity contribution < 1.29 is 78.1 Å². The highest BCUT2D eigenvalue weighted by atomic mass is 32.1.